The summed E-state index contributed by atoms with van der Waals surface area (Å²) in [6.07, 6.45) is 5.67. The lowest BCUT2D eigenvalue weighted by atomic mass is 10.2. The first-order valence-electron chi connectivity index (χ1n) is 10.7. The molecule has 0 spiro atoms. The predicted octanol–water partition coefficient (Wildman–Crippen LogP) is 5.30. The van der Waals surface area contributed by atoms with Gasteiger partial charge in [-0.1, -0.05) is 42.3 Å². The molecule has 192 valence electrons. The van der Waals surface area contributed by atoms with E-state index in [-0.39, 0.29) is 22.9 Å². The summed E-state index contributed by atoms with van der Waals surface area (Å²) in [6.45, 7) is 7.86. The molecule has 2 aromatic rings. The third-order valence-electron chi connectivity index (χ3n) is 5.35. The molecule has 3 atom stereocenters. The zero-order valence-electron chi connectivity index (χ0n) is 20.8. The molecule has 5 nitrogen and oxygen atoms in total. The molecule has 0 unspecified atom stereocenters. The van der Waals surface area contributed by atoms with Gasteiger partial charge >= 0.3 is 0 Å². The van der Waals surface area contributed by atoms with Gasteiger partial charge in [0.15, 0.2) is 19.7 Å². The highest BCUT2D eigenvalue weighted by atomic mass is 32.3. The minimum atomic E-state index is -3.26. The Balaban J connectivity index is 0.000000318. The van der Waals surface area contributed by atoms with Crippen molar-refractivity contribution in [1.82, 2.24) is 0 Å². The Morgan fingerprint density at radius 3 is 1.59 bits per heavy atom. The third-order valence-corrected chi connectivity index (χ3v) is 14.9. The number of rotatable bonds is 7. The van der Waals surface area contributed by atoms with Crippen LogP contribution in [0.15, 0.2) is 58.3 Å². The van der Waals surface area contributed by atoms with Crippen molar-refractivity contribution in [2.24, 2.45) is 5.92 Å². The van der Waals surface area contributed by atoms with E-state index in [9.17, 15) is 16.8 Å². The van der Waals surface area contributed by atoms with Crippen molar-refractivity contribution in [3.8, 4) is 0 Å². The highest BCUT2D eigenvalue weighted by molar-refractivity contribution is 8.17. The predicted molar refractivity (Wildman–Crippen MR) is 151 cm³/mol. The largest absolute Gasteiger partial charge is 0.397 e. The van der Waals surface area contributed by atoms with Crippen LogP contribution < -0.4 is 0 Å². The first-order valence-corrected chi connectivity index (χ1v) is 17.7. The van der Waals surface area contributed by atoms with Crippen LogP contribution in [0.3, 0.4) is 0 Å². The zero-order valence-corrected chi connectivity index (χ0v) is 24.9. The lowest BCUT2D eigenvalue weighted by Gasteiger charge is -2.16. The summed E-state index contributed by atoms with van der Waals surface area (Å²) >= 11 is 4.45. The average molecular weight is 565 g/mol. The maximum atomic E-state index is 12.8. The number of hydrogen-bond acceptors (Lipinski definition) is 8. The molecule has 1 aliphatic rings. The minimum Gasteiger partial charge on any atom is -0.397 e. The summed E-state index contributed by atoms with van der Waals surface area (Å²) in [5.74, 6) is 0.203. The lowest BCUT2D eigenvalue weighted by Crippen LogP contribution is -2.24. The second kappa shape index (κ2) is 13.6. The van der Waals surface area contributed by atoms with Gasteiger partial charge in [-0.15, -0.1) is 23.5 Å². The fraction of sp³-hybridized carbons (Fsp3) is 0.500. The Kier molecular flexibility index (Phi) is 12.6. The van der Waals surface area contributed by atoms with E-state index in [1.54, 1.807) is 49.2 Å². The molecule has 0 radical (unpaired) electrons. The Morgan fingerprint density at radius 2 is 1.26 bits per heavy atom. The van der Waals surface area contributed by atoms with Crippen LogP contribution in [0.5, 0.6) is 0 Å². The summed E-state index contributed by atoms with van der Waals surface area (Å²) in [5.41, 5.74) is 2.15. The molecule has 2 aromatic carbocycles. The Morgan fingerprint density at radius 1 is 0.853 bits per heavy atom. The van der Waals surface area contributed by atoms with Crippen LogP contribution in [0.2, 0.25) is 0 Å². The number of aryl methyl sites for hydroxylation is 2. The zero-order chi connectivity index (χ0) is 26.2. The van der Waals surface area contributed by atoms with Gasteiger partial charge in [0.05, 0.1) is 9.79 Å². The number of sulfone groups is 2. The number of thioether (sulfide) groups is 3. The third kappa shape index (κ3) is 7.20. The second-order valence-corrected chi connectivity index (χ2v) is 15.5. The van der Waals surface area contributed by atoms with Gasteiger partial charge < -0.3 is 5.11 Å². The molecule has 0 bridgehead atoms. The quantitative estimate of drug-likeness (QED) is 0.485. The standard InChI is InChI=1S/C13H18O2S3.C9H12O2S2.C2H6O/c1-9-5-7-11(8-6-9)18(14,15)13(17-4)10(2)12(13)16-3;1-8-3-5-9(6-4-8)13(10,11)7-12-2;1-2-3/h5-8,10,12H,1-4H3;3-6H,7H2,1-2H3;3H,2H2,1H3/t10-,12+,13+;;/m1../s1. The lowest BCUT2D eigenvalue weighted by molar-refractivity contribution is 0.318. The van der Waals surface area contributed by atoms with Crippen molar-refractivity contribution in [2.45, 2.75) is 46.8 Å². The van der Waals surface area contributed by atoms with Crippen molar-refractivity contribution < 1.29 is 21.9 Å². The van der Waals surface area contributed by atoms with E-state index < -0.39 is 23.8 Å². The van der Waals surface area contributed by atoms with Crippen molar-refractivity contribution in [2.75, 3.05) is 30.5 Å². The molecule has 0 amide bonds. The molecule has 1 N–H and O–H groups in total. The summed E-state index contributed by atoms with van der Waals surface area (Å²) < 4.78 is 48.0. The fourth-order valence-corrected chi connectivity index (χ4v) is 12.3. The van der Waals surface area contributed by atoms with Gasteiger partial charge in [0.1, 0.15) is 9.16 Å². The molecule has 0 saturated heterocycles. The topological polar surface area (TPSA) is 88.5 Å². The Labute approximate surface area is 218 Å². The first-order chi connectivity index (χ1) is 15.9. The molecule has 1 saturated carbocycles. The van der Waals surface area contributed by atoms with Crippen LogP contribution in [0.1, 0.15) is 25.0 Å². The number of aliphatic hydroxyl groups excluding tert-OH is 1. The second-order valence-electron chi connectivity index (χ2n) is 7.84. The van der Waals surface area contributed by atoms with E-state index >= 15 is 0 Å². The van der Waals surface area contributed by atoms with Crippen molar-refractivity contribution in [3.63, 3.8) is 0 Å². The van der Waals surface area contributed by atoms with Crippen LogP contribution in [0.25, 0.3) is 0 Å². The van der Waals surface area contributed by atoms with E-state index in [0.717, 1.165) is 11.1 Å². The molecule has 3 rings (SSSR count). The molecule has 0 heterocycles. The van der Waals surface area contributed by atoms with Crippen LogP contribution in [0.4, 0.5) is 0 Å². The van der Waals surface area contributed by atoms with E-state index in [0.29, 0.717) is 9.79 Å². The van der Waals surface area contributed by atoms with E-state index in [1.807, 2.05) is 57.5 Å². The molecule has 0 aromatic heterocycles. The smallest absolute Gasteiger partial charge is 0.194 e. The van der Waals surface area contributed by atoms with Gasteiger partial charge in [-0.2, -0.15) is 11.8 Å². The number of aliphatic hydroxyl groups is 1. The van der Waals surface area contributed by atoms with E-state index in [1.165, 1.54) is 23.5 Å². The van der Waals surface area contributed by atoms with Crippen LogP contribution in [-0.4, -0.2) is 61.7 Å². The van der Waals surface area contributed by atoms with E-state index in [4.69, 9.17) is 5.11 Å². The average Bonchev–Trinajstić information content (AvgIpc) is 3.40. The van der Waals surface area contributed by atoms with Gasteiger partial charge in [0, 0.05) is 17.8 Å². The minimum absolute atomic E-state index is 0.149. The summed E-state index contributed by atoms with van der Waals surface area (Å²) in [5, 5.41) is 7.91. The van der Waals surface area contributed by atoms with Crippen LogP contribution >= 0.6 is 35.3 Å². The molecule has 34 heavy (non-hydrogen) atoms. The normalized spacial score (nSPS) is 21.5. The van der Waals surface area contributed by atoms with Crippen LogP contribution in [-0.2, 0) is 19.7 Å². The summed E-state index contributed by atoms with van der Waals surface area (Å²) in [4.78, 5) is 0.860. The molecule has 10 heteroatoms. The van der Waals surface area contributed by atoms with Gasteiger partial charge in [-0.05, 0) is 63.8 Å². The van der Waals surface area contributed by atoms with E-state index in [2.05, 4.69) is 0 Å². The fourth-order valence-electron chi connectivity index (χ4n) is 3.51. The Bertz CT molecular complexity index is 1100. The van der Waals surface area contributed by atoms with Crippen molar-refractivity contribution in [3.05, 3.63) is 59.7 Å². The Hall–Kier alpha value is -0.650. The van der Waals surface area contributed by atoms with Gasteiger partial charge in [-0.3, -0.25) is 0 Å². The first kappa shape index (κ1) is 31.4. The molecule has 0 aliphatic heterocycles. The van der Waals surface area contributed by atoms with Crippen LogP contribution in [0, 0.1) is 19.8 Å². The monoisotopic (exact) mass is 564 g/mol. The van der Waals surface area contributed by atoms with Gasteiger partial charge in [0.2, 0.25) is 0 Å². The maximum absolute atomic E-state index is 12.8. The highest BCUT2D eigenvalue weighted by Crippen LogP contribution is 2.63. The summed E-state index contributed by atoms with van der Waals surface area (Å²) in [6, 6.07) is 14.1. The number of benzene rings is 2. The van der Waals surface area contributed by atoms with Crippen molar-refractivity contribution >= 4 is 55.0 Å². The SMILES string of the molecule is CCO.CSCS(=O)(=O)c1ccc(C)cc1.CS[C@H]1[C@@H](C)[C@]1(SC)S(=O)(=O)c1ccc(C)cc1. The molecular weight excluding hydrogens is 529 g/mol. The molecule has 1 aliphatic carbocycles. The number of hydrogen-bond donors (Lipinski definition) is 1. The van der Waals surface area contributed by atoms with Gasteiger partial charge in [-0.25, -0.2) is 16.8 Å². The van der Waals surface area contributed by atoms with Gasteiger partial charge in [0.25, 0.3) is 0 Å². The molecule has 1 fully saturated rings. The highest BCUT2D eigenvalue weighted by Gasteiger charge is 2.70. The molecular formula is C24H36O5S5. The summed E-state index contributed by atoms with van der Waals surface area (Å²) in [7, 11) is -6.33. The maximum Gasteiger partial charge on any atom is 0.194 e. The van der Waals surface area contributed by atoms with Crippen molar-refractivity contribution in [1.29, 1.82) is 0 Å².